The molecule has 1 aromatic carbocycles. The minimum absolute atomic E-state index is 0.0121. The summed E-state index contributed by atoms with van der Waals surface area (Å²) in [6.07, 6.45) is 1.05. The molecule has 0 saturated carbocycles. The zero-order valence-electron chi connectivity index (χ0n) is 10.8. The first-order chi connectivity index (χ1) is 9.63. The number of nitrogen functional groups attached to an aromatic ring is 1. The topological polar surface area (TPSA) is 103 Å². The van der Waals surface area contributed by atoms with Crippen molar-refractivity contribution in [2.75, 3.05) is 19.1 Å². The molecule has 2 aliphatic heterocycles. The van der Waals surface area contributed by atoms with Gasteiger partial charge in [0.2, 0.25) is 12.7 Å². The first-order valence-corrected chi connectivity index (χ1v) is 6.40. The summed E-state index contributed by atoms with van der Waals surface area (Å²) in [6.45, 7) is 0.573. The lowest BCUT2D eigenvalue weighted by molar-refractivity contribution is -0.122. The smallest absolute Gasteiger partial charge is 0.253 e. The molecule has 1 saturated heterocycles. The Morgan fingerprint density at radius 1 is 1.35 bits per heavy atom. The van der Waals surface area contributed by atoms with Crippen molar-refractivity contribution in [3.8, 4) is 11.5 Å². The second-order valence-electron chi connectivity index (χ2n) is 4.81. The molecule has 0 aromatic heterocycles. The van der Waals surface area contributed by atoms with Crippen molar-refractivity contribution in [1.29, 1.82) is 0 Å². The van der Waals surface area contributed by atoms with Crippen LogP contribution in [-0.4, -0.2) is 31.2 Å². The van der Waals surface area contributed by atoms with Crippen molar-refractivity contribution in [3.63, 3.8) is 0 Å². The van der Waals surface area contributed by atoms with E-state index in [9.17, 15) is 9.59 Å². The van der Waals surface area contributed by atoms with Crippen LogP contribution in [0.2, 0.25) is 0 Å². The third-order valence-corrected chi connectivity index (χ3v) is 3.39. The van der Waals surface area contributed by atoms with E-state index in [2.05, 4.69) is 10.6 Å². The van der Waals surface area contributed by atoms with Crippen LogP contribution >= 0.6 is 0 Å². The summed E-state index contributed by atoms with van der Waals surface area (Å²) in [4.78, 5) is 23.3. The predicted molar refractivity (Wildman–Crippen MR) is 70.5 cm³/mol. The van der Waals surface area contributed by atoms with Gasteiger partial charge in [0.25, 0.3) is 5.91 Å². The number of nitrogens with one attached hydrogen (secondary N) is 2. The Balaban J connectivity index is 1.72. The van der Waals surface area contributed by atoms with Crippen molar-refractivity contribution in [2.45, 2.75) is 18.9 Å². The summed E-state index contributed by atoms with van der Waals surface area (Å²) in [6, 6.07) is 3.08. The van der Waals surface area contributed by atoms with Gasteiger partial charge in [0, 0.05) is 30.8 Å². The number of ether oxygens (including phenoxy) is 2. The number of nitrogens with two attached hydrogens (primary N) is 1. The summed E-state index contributed by atoms with van der Waals surface area (Å²) in [7, 11) is 0. The van der Waals surface area contributed by atoms with Gasteiger partial charge in [-0.3, -0.25) is 9.59 Å². The molecular weight excluding hydrogens is 262 g/mol. The Morgan fingerprint density at radius 3 is 2.80 bits per heavy atom. The highest BCUT2D eigenvalue weighted by Crippen LogP contribution is 2.35. The number of amides is 2. The number of rotatable bonds is 2. The molecule has 2 heterocycles. The maximum Gasteiger partial charge on any atom is 0.253 e. The number of carbonyl (C=O) groups excluding carboxylic acids is 2. The standard InChI is InChI=1S/C13H15N3O4/c14-9-4-11-10(19-6-20-11)3-8(9)13(18)16-7-1-2-12(17)15-5-7/h3-4,7H,1-2,5-6,14H2,(H,15,17)(H,16,18). The lowest BCUT2D eigenvalue weighted by atomic mass is 10.1. The van der Waals surface area contributed by atoms with Crippen LogP contribution in [0.4, 0.5) is 5.69 Å². The molecule has 0 spiro atoms. The van der Waals surface area contributed by atoms with E-state index in [0.29, 0.717) is 42.1 Å². The van der Waals surface area contributed by atoms with Crippen LogP contribution in [-0.2, 0) is 4.79 Å². The summed E-state index contributed by atoms with van der Waals surface area (Å²) < 4.78 is 10.4. The van der Waals surface area contributed by atoms with Gasteiger partial charge in [-0.05, 0) is 12.5 Å². The number of hydrogen-bond donors (Lipinski definition) is 3. The van der Waals surface area contributed by atoms with Gasteiger partial charge in [-0.25, -0.2) is 0 Å². The molecule has 1 atom stereocenters. The van der Waals surface area contributed by atoms with E-state index >= 15 is 0 Å². The molecule has 1 fully saturated rings. The van der Waals surface area contributed by atoms with E-state index in [4.69, 9.17) is 15.2 Å². The highest BCUT2D eigenvalue weighted by Gasteiger charge is 2.23. The minimum atomic E-state index is -0.276. The largest absolute Gasteiger partial charge is 0.454 e. The van der Waals surface area contributed by atoms with E-state index in [-0.39, 0.29) is 24.6 Å². The van der Waals surface area contributed by atoms with E-state index in [1.165, 1.54) is 0 Å². The molecule has 1 aromatic rings. The number of benzene rings is 1. The van der Waals surface area contributed by atoms with Crippen molar-refractivity contribution in [2.24, 2.45) is 0 Å². The van der Waals surface area contributed by atoms with Gasteiger partial charge in [-0.15, -0.1) is 0 Å². The Morgan fingerprint density at radius 2 is 2.10 bits per heavy atom. The van der Waals surface area contributed by atoms with Gasteiger partial charge in [-0.1, -0.05) is 0 Å². The van der Waals surface area contributed by atoms with Crippen LogP contribution in [0.25, 0.3) is 0 Å². The third-order valence-electron chi connectivity index (χ3n) is 3.39. The summed E-state index contributed by atoms with van der Waals surface area (Å²) in [5.41, 5.74) is 6.55. The average molecular weight is 277 g/mol. The zero-order chi connectivity index (χ0) is 14.1. The highest BCUT2D eigenvalue weighted by atomic mass is 16.7. The number of carbonyl (C=O) groups is 2. The van der Waals surface area contributed by atoms with E-state index in [0.717, 1.165) is 0 Å². The van der Waals surface area contributed by atoms with Gasteiger partial charge in [-0.2, -0.15) is 0 Å². The monoisotopic (exact) mass is 277 g/mol. The molecule has 0 aliphatic carbocycles. The van der Waals surface area contributed by atoms with Crippen LogP contribution in [0.3, 0.4) is 0 Å². The molecule has 2 amide bonds. The normalized spacial score (nSPS) is 20.4. The zero-order valence-corrected chi connectivity index (χ0v) is 10.8. The first kappa shape index (κ1) is 12.6. The maximum absolute atomic E-state index is 12.2. The van der Waals surface area contributed by atoms with Gasteiger partial charge in [0.05, 0.1) is 5.56 Å². The summed E-state index contributed by atoms with van der Waals surface area (Å²) in [5, 5.41) is 5.57. The molecule has 7 nitrogen and oxygen atoms in total. The van der Waals surface area contributed by atoms with Gasteiger partial charge >= 0.3 is 0 Å². The van der Waals surface area contributed by atoms with Gasteiger partial charge < -0.3 is 25.8 Å². The van der Waals surface area contributed by atoms with Crippen molar-refractivity contribution >= 4 is 17.5 Å². The number of hydrogen-bond acceptors (Lipinski definition) is 5. The van der Waals surface area contributed by atoms with Crippen LogP contribution in [0.1, 0.15) is 23.2 Å². The maximum atomic E-state index is 12.2. The second-order valence-corrected chi connectivity index (χ2v) is 4.81. The minimum Gasteiger partial charge on any atom is -0.454 e. The molecule has 0 bridgehead atoms. The van der Waals surface area contributed by atoms with Crippen molar-refractivity contribution in [1.82, 2.24) is 10.6 Å². The summed E-state index contributed by atoms with van der Waals surface area (Å²) in [5.74, 6) is 0.797. The second kappa shape index (κ2) is 4.92. The fourth-order valence-electron chi connectivity index (χ4n) is 2.27. The molecule has 20 heavy (non-hydrogen) atoms. The number of fused-ring (bicyclic) bond motifs is 1. The molecule has 0 radical (unpaired) electrons. The molecule has 1 unspecified atom stereocenters. The average Bonchev–Trinajstić information content (AvgIpc) is 2.87. The molecule has 4 N–H and O–H groups in total. The SMILES string of the molecule is Nc1cc2c(cc1C(=O)NC1CCC(=O)NC1)OCO2. The fraction of sp³-hybridized carbons (Fsp3) is 0.385. The van der Waals surface area contributed by atoms with E-state index < -0.39 is 0 Å². The molecule has 106 valence electrons. The third kappa shape index (κ3) is 2.34. The molecular formula is C13H15N3O4. The molecule has 2 aliphatic rings. The van der Waals surface area contributed by atoms with Gasteiger partial charge in [0.1, 0.15) is 0 Å². The Labute approximate surface area is 115 Å². The predicted octanol–water partition coefficient (Wildman–Crippen LogP) is 0.00590. The first-order valence-electron chi connectivity index (χ1n) is 6.40. The van der Waals surface area contributed by atoms with Crippen LogP contribution in [0, 0.1) is 0 Å². The Kier molecular flexibility index (Phi) is 3.09. The van der Waals surface area contributed by atoms with Crippen molar-refractivity contribution in [3.05, 3.63) is 17.7 Å². The van der Waals surface area contributed by atoms with Gasteiger partial charge in [0.15, 0.2) is 11.5 Å². The highest BCUT2D eigenvalue weighted by molar-refractivity contribution is 6.00. The van der Waals surface area contributed by atoms with E-state index in [1.807, 2.05) is 0 Å². The lowest BCUT2D eigenvalue weighted by Gasteiger charge is -2.23. The summed E-state index contributed by atoms with van der Waals surface area (Å²) >= 11 is 0. The van der Waals surface area contributed by atoms with Crippen molar-refractivity contribution < 1.29 is 19.1 Å². The number of piperidine rings is 1. The Bertz CT molecular complexity index is 563. The molecule has 3 rings (SSSR count). The molecule has 7 heteroatoms. The van der Waals surface area contributed by atoms with Crippen LogP contribution in [0.15, 0.2) is 12.1 Å². The quantitative estimate of drug-likeness (QED) is 0.661. The number of anilines is 1. The van der Waals surface area contributed by atoms with E-state index in [1.54, 1.807) is 12.1 Å². The lowest BCUT2D eigenvalue weighted by Crippen LogP contribution is -2.47. The van der Waals surface area contributed by atoms with Crippen LogP contribution in [0.5, 0.6) is 11.5 Å². The van der Waals surface area contributed by atoms with Crippen LogP contribution < -0.4 is 25.8 Å². The fourth-order valence-corrected chi connectivity index (χ4v) is 2.27. The Hall–Kier alpha value is -2.44.